The first-order valence-corrected chi connectivity index (χ1v) is 8.59. The molecule has 0 aliphatic carbocycles. The standard InChI is InChI=1S/C19H23N3O3/c1-14(23)17-10-18(20-12-17)19(24)21-11-15-4-2-3-5-16(15)13-22-6-8-25-9-7-22/h2-5,10,12,20H,6-9,11,13H2,1H3,(H,21,24)/p+1. The maximum atomic E-state index is 12.3. The molecule has 0 radical (unpaired) electrons. The van der Waals surface area contributed by atoms with Crippen LogP contribution in [-0.2, 0) is 17.8 Å². The van der Waals surface area contributed by atoms with Crippen molar-refractivity contribution >= 4 is 11.7 Å². The van der Waals surface area contributed by atoms with Crippen molar-refractivity contribution in [2.75, 3.05) is 26.3 Å². The normalized spacial score (nSPS) is 15.1. The molecule has 0 spiro atoms. The first kappa shape index (κ1) is 17.4. The molecule has 6 heteroatoms. The van der Waals surface area contributed by atoms with Crippen LogP contribution >= 0.6 is 0 Å². The predicted octanol–water partition coefficient (Wildman–Crippen LogP) is 0.562. The molecule has 1 aromatic carbocycles. The molecular weight excluding hydrogens is 318 g/mol. The van der Waals surface area contributed by atoms with Crippen molar-refractivity contribution in [1.82, 2.24) is 10.3 Å². The number of ether oxygens (including phenoxy) is 1. The fourth-order valence-electron chi connectivity index (χ4n) is 3.01. The summed E-state index contributed by atoms with van der Waals surface area (Å²) in [4.78, 5) is 28.0. The van der Waals surface area contributed by atoms with Crippen LogP contribution in [0.1, 0.15) is 38.9 Å². The molecule has 2 heterocycles. The van der Waals surface area contributed by atoms with Crippen LogP contribution in [0.4, 0.5) is 0 Å². The number of hydrogen-bond donors (Lipinski definition) is 3. The van der Waals surface area contributed by atoms with Gasteiger partial charge in [-0.15, -0.1) is 0 Å². The van der Waals surface area contributed by atoms with Gasteiger partial charge in [0.2, 0.25) is 0 Å². The monoisotopic (exact) mass is 342 g/mol. The smallest absolute Gasteiger partial charge is 0.267 e. The molecule has 0 bridgehead atoms. The number of quaternary nitrogens is 1. The van der Waals surface area contributed by atoms with Gasteiger partial charge in [0.1, 0.15) is 25.3 Å². The van der Waals surface area contributed by atoms with E-state index in [1.807, 2.05) is 18.2 Å². The lowest BCUT2D eigenvalue weighted by atomic mass is 10.1. The number of H-pyrrole nitrogens is 1. The minimum Gasteiger partial charge on any atom is -0.370 e. The van der Waals surface area contributed by atoms with E-state index in [4.69, 9.17) is 4.74 Å². The van der Waals surface area contributed by atoms with Crippen molar-refractivity contribution < 1.29 is 19.2 Å². The number of morpholine rings is 1. The topological polar surface area (TPSA) is 75.6 Å². The molecule has 0 saturated carbocycles. The number of rotatable bonds is 6. The van der Waals surface area contributed by atoms with E-state index in [-0.39, 0.29) is 11.7 Å². The van der Waals surface area contributed by atoms with Crippen LogP contribution in [0.3, 0.4) is 0 Å². The summed E-state index contributed by atoms with van der Waals surface area (Å²) in [6.07, 6.45) is 1.56. The second kappa shape index (κ2) is 8.09. The van der Waals surface area contributed by atoms with E-state index in [9.17, 15) is 9.59 Å². The Kier molecular flexibility index (Phi) is 5.63. The summed E-state index contributed by atoms with van der Waals surface area (Å²) in [5.41, 5.74) is 3.28. The predicted molar refractivity (Wildman–Crippen MR) is 93.6 cm³/mol. The number of aromatic amines is 1. The molecule has 3 N–H and O–H groups in total. The lowest BCUT2D eigenvalue weighted by Crippen LogP contribution is -3.12. The van der Waals surface area contributed by atoms with E-state index in [0.29, 0.717) is 17.8 Å². The van der Waals surface area contributed by atoms with Gasteiger partial charge < -0.3 is 19.9 Å². The maximum absolute atomic E-state index is 12.3. The number of aromatic nitrogens is 1. The highest BCUT2D eigenvalue weighted by Crippen LogP contribution is 2.09. The lowest BCUT2D eigenvalue weighted by Gasteiger charge is -2.24. The molecule has 0 atom stereocenters. The molecular formula is C19H24N3O3+. The summed E-state index contributed by atoms with van der Waals surface area (Å²) in [5, 5.41) is 2.93. The zero-order valence-electron chi connectivity index (χ0n) is 14.4. The number of ketones is 1. The number of amides is 1. The second-order valence-electron chi connectivity index (χ2n) is 6.35. The first-order valence-electron chi connectivity index (χ1n) is 8.59. The largest absolute Gasteiger partial charge is 0.370 e. The number of benzene rings is 1. The van der Waals surface area contributed by atoms with Crippen LogP contribution in [0, 0.1) is 0 Å². The van der Waals surface area contributed by atoms with Gasteiger partial charge >= 0.3 is 0 Å². The highest BCUT2D eigenvalue weighted by Gasteiger charge is 2.16. The fraction of sp³-hybridized carbons (Fsp3) is 0.368. The van der Waals surface area contributed by atoms with Gasteiger partial charge in [-0.2, -0.15) is 0 Å². The van der Waals surface area contributed by atoms with Gasteiger partial charge in [-0.1, -0.05) is 24.3 Å². The minimum atomic E-state index is -0.207. The molecule has 1 aliphatic heterocycles. The molecule has 25 heavy (non-hydrogen) atoms. The van der Waals surface area contributed by atoms with Crippen molar-refractivity contribution in [2.24, 2.45) is 0 Å². The molecule has 1 fully saturated rings. The van der Waals surface area contributed by atoms with E-state index >= 15 is 0 Å². The fourth-order valence-corrected chi connectivity index (χ4v) is 3.01. The average molecular weight is 342 g/mol. The van der Waals surface area contributed by atoms with E-state index in [0.717, 1.165) is 38.4 Å². The minimum absolute atomic E-state index is 0.0610. The Hall–Kier alpha value is -2.44. The average Bonchev–Trinajstić information content (AvgIpc) is 3.12. The third-order valence-electron chi connectivity index (χ3n) is 4.53. The summed E-state index contributed by atoms with van der Waals surface area (Å²) in [6.45, 7) is 6.52. The molecule has 1 amide bonds. The van der Waals surface area contributed by atoms with Crippen LogP contribution in [0.2, 0.25) is 0 Å². The van der Waals surface area contributed by atoms with E-state index in [2.05, 4.69) is 16.4 Å². The molecule has 1 aromatic heterocycles. The van der Waals surface area contributed by atoms with Gasteiger partial charge in [0, 0.05) is 23.9 Å². The van der Waals surface area contributed by atoms with Crippen LogP contribution in [0.25, 0.3) is 0 Å². The van der Waals surface area contributed by atoms with E-state index in [1.54, 1.807) is 12.3 Å². The van der Waals surface area contributed by atoms with Crippen molar-refractivity contribution in [2.45, 2.75) is 20.0 Å². The maximum Gasteiger partial charge on any atom is 0.267 e. The van der Waals surface area contributed by atoms with Gasteiger partial charge in [-0.05, 0) is 18.6 Å². The van der Waals surface area contributed by atoms with Crippen LogP contribution in [0.5, 0.6) is 0 Å². The number of nitrogens with one attached hydrogen (secondary N) is 3. The third kappa shape index (κ3) is 4.55. The third-order valence-corrected chi connectivity index (χ3v) is 4.53. The summed E-state index contributed by atoms with van der Waals surface area (Å²) in [6, 6.07) is 9.77. The molecule has 3 rings (SSSR count). The van der Waals surface area contributed by atoms with E-state index in [1.165, 1.54) is 17.4 Å². The highest BCUT2D eigenvalue weighted by atomic mass is 16.5. The van der Waals surface area contributed by atoms with Crippen molar-refractivity contribution in [3.8, 4) is 0 Å². The van der Waals surface area contributed by atoms with Gasteiger partial charge in [-0.3, -0.25) is 9.59 Å². The van der Waals surface area contributed by atoms with Crippen molar-refractivity contribution in [3.63, 3.8) is 0 Å². The van der Waals surface area contributed by atoms with Gasteiger partial charge in [0.15, 0.2) is 5.78 Å². The van der Waals surface area contributed by atoms with Crippen LogP contribution in [0.15, 0.2) is 36.5 Å². The Balaban J connectivity index is 1.62. The summed E-state index contributed by atoms with van der Waals surface area (Å²) >= 11 is 0. The Labute approximate surface area is 147 Å². The number of hydrogen-bond acceptors (Lipinski definition) is 3. The number of carbonyl (C=O) groups excluding carboxylic acids is 2. The number of carbonyl (C=O) groups is 2. The molecule has 2 aromatic rings. The lowest BCUT2D eigenvalue weighted by molar-refractivity contribution is -0.921. The molecule has 1 aliphatic rings. The van der Waals surface area contributed by atoms with Crippen LogP contribution < -0.4 is 10.2 Å². The molecule has 132 valence electrons. The Morgan fingerprint density at radius 1 is 1.20 bits per heavy atom. The zero-order valence-corrected chi connectivity index (χ0v) is 14.4. The molecule has 1 saturated heterocycles. The summed E-state index contributed by atoms with van der Waals surface area (Å²) in [7, 11) is 0. The Morgan fingerprint density at radius 2 is 1.92 bits per heavy atom. The van der Waals surface area contributed by atoms with Gasteiger partial charge in [-0.25, -0.2) is 0 Å². The number of Topliss-reactive ketones (excluding diaryl/α,β-unsaturated/α-hetero) is 1. The van der Waals surface area contributed by atoms with E-state index < -0.39 is 0 Å². The van der Waals surface area contributed by atoms with Gasteiger partial charge in [0.05, 0.1) is 13.2 Å². The summed E-state index contributed by atoms with van der Waals surface area (Å²) in [5.74, 6) is -0.268. The van der Waals surface area contributed by atoms with Crippen molar-refractivity contribution in [1.29, 1.82) is 0 Å². The zero-order chi connectivity index (χ0) is 17.6. The summed E-state index contributed by atoms with van der Waals surface area (Å²) < 4.78 is 5.41. The van der Waals surface area contributed by atoms with Crippen LogP contribution in [-0.4, -0.2) is 43.0 Å². The van der Waals surface area contributed by atoms with Crippen molar-refractivity contribution in [3.05, 3.63) is 58.9 Å². The quantitative estimate of drug-likeness (QED) is 0.672. The second-order valence-corrected chi connectivity index (χ2v) is 6.35. The first-order chi connectivity index (χ1) is 12.1. The van der Waals surface area contributed by atoms with Gasteiger partial charge in [0.25, 0.3) is 5.91 Å². The molecule has 6 nitrogen and oxygen atoms in total. The highest BCUT2D eigenvalue weighted by molar-refractivity contribution is 5.99. The Bertz CT molecular complexity index is 748. The SMILES string of the molecule is CC(=O)c1c[nH]c(C(=O)NCc2ccccc2C[NH+]2CCOCC2)c1. The Morgan fingerprint density at radius 3 is 2.60 bits per heavy atom. The molecule has 0 unspecified atom stereocenters.